The van der Waals surface area contributed by atoms with Crippen molar-refractivity contribution in [3.05, 3.63) is 0 Å². The molecule has 0 amide bonds. The minimum Gasteiger partial charge on any atom is -0.330 e. The molecule has 8 N–H and O–H groups in total. The van der Waals surface area contributed by atoms with E-state index in [-0.39, 0.29) is 5.41 Å². The average Bonchev–Trinajstić information content (AvgIpc) is 2.62. The van der Waals surface area contributed by atoms with Crippen LogP contribution in [0.15, 0.2) is 0 Å². The highest BCUT2D eigenvalue weighted by atomic mass is 15.0. The van der Waals surface area contributed by atoms with Crippen LogP contribution in [0.1, 0.15) is 34.6 Å². The summed E-state index contributed by atoms with van der Waals surface area (Å²) in [7, 11) is 0. The van der Waals surface area contributed by atoms with Crippen LogP contribution in [0.2, 0.25) is 0 Å². The fraction of sp³-hybridized carbons (Fsp3) is 1.00. The Morgan fingerprint density at radius 3 is 1.52 bits per heavy atom. The second kappa shape index (κ2) is 18.1. The minimum absolute atomic E-state index is 0.129. The van der Waals surface area contributed by atoms with Gasteiger partial charge >= 0.3 is 0 Å². The van der Waals surface area contributed by atoms with Crippen LogP contribution in [0.25, 0.3) is 0 Å². The first kappa shape index (κ1) is 25.0. The number of nitrogens with two attached hydrogens (primary N) is 2. The van der Waals surface area contributed by atoms with Crippen LogP contribution in [0, 0.1) is 11.3 Å². The van der Waals surface area contributed by atoms with Crippen LogP contribution in [0.4, 0.5) is 0 Å². The minimum atomic E-state index is 0.129. The third-order valence-electron chi connectivity index (χ3n) is 3.75. The summed E-state index contributed by atoms with van der Waals surface area (Å²) >= 11 is 0. The van der Waals surface area contributed by atoms with Gasteiger partial charge in [-0.05, 0) is 12.5 Å². The second-order valence-electron chi connectivity index (χ2n) is 5.88. The molecule has 142 valence electrons. The fourth-order valence-electron chi connectivity index (χ4n) is 2.19. The predicted octanol–water partition coefficient (Wildman–Crippen LogP) is -0.0493. The second-order valence-corrected chi connectivity index (χ2v) is 5.88. The molecular formula is C17H44N6. The Kier molecular flexibility index (Phi) is 19.7. The molecule has 1 aliphatic rings. The average molecular weight is 333 g/mol. The van der Waals surface area contributed by atoms with Gasteiger partial charge in [-0.3, -0.25) is 0 Å². The first-order valence-corrected chi connectivity index (χ1v) is 9.43. The zero-order chi connectivity index (χ0) is 18.0. The molecule has 0 bridgehead atoms. The predicted molar refractivity (Wildman–Crippen MR) is 104 cm³/mol. The third-order valence-corrected chi connectivity index (χ3v) is 3.75. The molecule has 0 aromatic carbocycles. The Balaban J connectivity index is 0. The first-order chi connectivity index (χ1) is 11.2. The lowest BCUT2D eigenvalue weighted by Crippen LogP contribution is -2.48. The molecule has 0 aliphatic carbocycles. The van der Waals surface area contributed by atoms with E-state index in [9.17, 15) is 0 Å². The van der Waals surface area contributed by atoms with Gasteiger partial charge in [0.25, 0.3) is 0 Å². The van der Waals surface area contributed by atoms with E-state index < -0.39 is 0 Å². The van der Waals surface area contributed by atoms with Crippen molar-refractivity contribution in [2.24, 2.45) is 22.8 Å². The first-order valence-electron chi connectivity index (χ1n) is 9.43. The highest BCUT2D eigenvalue weighted by molar-refractivity contribution is 4.81. The lowest BCUT2D eigenvalue weighted by Gasteiger charge is -2.29. The summed E-state index contributed by atoms with van der Waals surface area (Å²) in [5.74, 6) is 0.511. The van der Waals surface area contributed by atoms with E-state index in [1.54, 1.807) is 0 Å². The summed E-state index contributed by atoms with van der Waals surface area (Å²) in [5.41, 5.74) is 11.8. The van der Waals surface area contributed by atoms with E-state index in [1.807, 2.05) is 27.7 Å². The van der Waals surface area contributed by atoms with Crippen LogP contribution in [-0.2, 0) is 0 Å². The number of rotatable bonds is 2. The molecule has 1 aliphatic heterocycles. The molecule has 1 fully saturated rings. The van der Waals surface area contributed by atoms with Gasteiger partial charge in [0.15, 0.2) is 0 Å². The summed E-state index contributed by atoms with van der Waals surface area (Å²) in [6, 6.07) is 0. The molecule has 0 spiro atoms. The smallest absolute Gasteiger partial charge is 0.00769 e. The third kappa shape index (κ3) is 13.9. The lowest BCUT2D eigenvalue weighted by molar-refractivity contribution is 0.295. The van der Waals surface area contributed by atoms with Crippen LogP contribution < -0.4 is 32.7 Å². The molecule has 0 atom stereocenters. The maximum Gasteiger partial charge on any atom is 0.00769 e. The van der Waals surface area contributed by atoms with Gasteiger partial charge in [0.05, 0.1) is 0 Å². The van der Waals surface area contributed by atoms with Crippen LogP contribution in [0.5, 0.6) is 0 Å². The summed E-state index contributed by atoms with van der Waals surface area (Å²) in [6.45, 7) is 19.4. The molecule has 0 unspecified atom stereocenters. The summed E-state index contributed by atoms with van der Waals surface area (Å²) in [6.07, 6.45) is 0. The van der Waals surface area contributed by atoms with Crippen molar-refractivity contribution in [3.8, 4) is 0 Å². The summed E-state index contributed by atoms with van der Waals surface area (Å²) < 4.78 is 0. The van der Waals surface area contributed by atoms with Gasteiger partial charge in [0.1, 0.15) is 0 Å². The maximum absolute atomic E-state index is 5.88. The van der Waals surface area contributed by atoms with Gasteiger partial charge in [-0.25, -0.2) is 0 Å². The van der Waals surface area contributed by atoms with Crippen molar-refractivity contribution in [2.45, 2.75) is 34.6 Å². The molecule has 0 saturated carbocycles. The lowest BCUT2D eigenvalue weighted by atomic mass is 9.90. The van der Waals surface area contributed by atoms with E-state index in [1.165, 1.54) is 0 Å². The molecule has 6 heteroatoms. The zero-order valence-corrected chi connectivity index (χ0v) is 16.3. The summed E-state index contributed by atoms with van der Waals surface area (Å²) in [5, 5.41) is 13.9. The molecule has 1 saturated heterocycles. The van der Waals surface area contributed by atoms with Crippen molar-refractivity contribution < 1.29 is 0 Å². The SMILES string of the molecule is CC.CC.CC1(CN)CNCCNCC(CN)CNCCNC1. The zero-order valence-electron chi connectivity index (χ0n) is 16.3. The molecule has 6 nitrogen and oxygen atoms in total. The molecule has 1 heterocycles. The largest absolute Gasteiger partial charge is 0.330 e. The Morgan fingerprint density at radius 1 is 0.783 bits per heavy atom. The Hall–Kier alpha value is -0.240. The highest BCUT2D eigenvalue weighted by Gasteiger charge is 2.21. The van der Waals surface area contributed by atoms with Crippen molar-refractivity contribution in [1.82, 2.24) is 21.3 Å². The topological polar surface area (TPSA) is 100 Å². The Labute approximate surface area is 144 Å². The summed E-state index contributed by atoms with van der Waals surface area (Å²) in [4.78, 5) is 0. The van der Waals surface area contributed by atoms with Gasteiger partial charge in [0, 0.05) is 64.3 Å². The van der Waals surface area contributed by atoms with Crippen LogP contribution >= 0.6 is 0 Å². The fourth-order valence-corrected chi connectivity index (χ4v) is 2.19. The molecule has 0 radical (unpaired) electrons. The Morgan fingerprint density at radius 2 is 1.17 bits per heavy atom. The van der Waals surface area contributed by atoms with E-state index in [4.69, 9.17) is 11.5 Å². The van der Waals surface area contributed by atoms with Crippen LogP contribution in [-0.4, -0.2) is 65.4 Å². The normalized spacial score (nSPS) is 27.5. The van der Waals surface area contributed by atoms with Gasteiger partial charge < -0.3 is 32.7 Å². The van der Waals surface area contributed by atoms with Gasteiger partial charge in [-0.2, -0.15) is 0 Å². The van der Waals surface area contributed by atoms with Crippen molar-refractivity contribution in [1.29, 1.82) is 0 Å². The van der Waals surface area contributed by atoms with Crippen molar-refractivity contribution in [2.75, 3.05) is 65.4 Å². The van der Waals surface area contributed by atoms with Crippen molar-refractivity contribution in [3.63, 3.8) is 0 Å². The highest BCUT2D eigenvalue weighted by Crippen LogP contribution is 2.10. The molecule has 23 heavy (non-hydrogen) atoms. The number of hydrogen-bond donors (Lipinski definition) is 6. The van der Waals surface area contributed by atoms with E-state index in [0.717, 1.165) is 58.9 Å². The molecule has 0 aromatic rings. The molecular weight excluding hydrogens is 288 g/mol. The quantitative estimate of drug-likeness (QED) is 0.424. The van der Waals surface area contributed by atoms with Gasteiger partial charge in [-0.15, -0.1) is 0 Å². The van der Waals surface area contributed by atoms with E-state index >= 15 is 0 Å². The maximum atomic E-state index is 5.88. The number of nitrogens with one attached hydrogen (secondary N) is 4. The van der Waals surface area contributed by atoms with Gasteiger partial charge in [0.2, 0.25) is 0 Å². The standard InChI is InChI=1S/C13H32N6.2C2H6/c1-13(9-15)10-18-4-2-16-7-12(6-14)8-17-3-5-19-11-13;2*1-2/h12,16-19H,2-11,14-15H2,1H3;2*1-2H3. The molecule has 0 aromatic heterocycles. The van der Waals surface area contributed by atoms with Gasteiger partial charge in [-0.1, -0.05) is 34.6 Å². The Bertz CT molecular complexity index is 209. The van der Waals surface area contributed by atoms with Crippen molar-refractivity contribution >= 4 is 0 Å². The number of hydrogen-bond acceptors (Lipinski definition) is 6. The van der Waals surface area contributed by atoms with E-state index in [0.29, 0.717) is 12.5 Å². The van der Waals surface area contributed by atoms with E-state index in [2.05, 4.69) is 28.2 Å². The molecule has 1 rings (SSSR count). The monoisotopic (exact) mass is 332 g/mol. The van der Waals surface area contributed by atoms with Crippen LogP contribution in [0.3, 0.4) is 0 Å².